The monoisotopic (exact) mass is 310 g/mol. The molecule has 0 aliphatic heterocycles. The lowest BCUT2D eigenvalue weighted by Crippen LogP contribution is -2.30. The summed E-state index contributed by atoms with van der Waals surface area (Å²) in [5.74, 6) is 0.204. The van der Waals surface area contributed by atoms with Gasteiger partial charge in [-0.25, -0.2) is 13.1 Å². The molecule has 1 unspecified atom stereocenters. The van der Waals surface area contributed by atoms with Gasteiger partial charge >= 0.3 is 0 Å². The van der Waals surface area contributed by atoms with Crippen molar-refractivity contribution >= 4 is 10.0 Å². The van der Waals surface area contributed by atoms with Crippen LogP contribution < -0.4 is 10.0 Å². The van der Waals surface area contributed by atoms with Gasteiger partial charge in [0.15, 0.2) is 0 Å². The van der Waals surface area contributed by atoms with E-state index in [4.69, 9.17) is 0 Å². The van der Waals surface area contributed by atoms with Crippen molar-refractivity contribution in [2.24, 2.45) is 0 Å². The van der Waals surface area contributed by atoms with Gasteiger partial charge in [-0.3, -0.25) is 0 Å². The molecule has 1 saturated carbocycles. The summed E-state index contributed by atoms with van der Waals surface area (Å²) in [6.07, 6.45) is 4.16. The largest absolute Gasteiger partial charge is 0.314 e. The van der Waals surface area contributed by atoms with Crippen molar-refractivity contribution in [3.63, 3.8) is 0 Å². The van der Waals surface area contributed by atoms with Crippen molar-refractivity contribution in [3.05, 3.63) is 35.4 Å². The van der Waals surface area contributed by atoms with Crippen molar-refractivity contribution in [2.45, 2.75) is 51.6 Å². The standard InChI is InChI=1S/C16H26N2O2S/c1-13-7-3-4-8-16(13)14(2)18-21(19,20)12-6-5-11-17-15-9-10-15/h3-4,7-8,14-15,17-18H,5-6,9-12H2,1-2H3. The van der Waals surface area contributed by atoms with Gasteiger partial charge in [0.2, 0.25) is 10.0 Å². The molecule has 4 nitrogen and oxygen atoms in total. The zero-order chi connectivity index (χ0) is 15.3. The number of aryl methyl sites for hydroxylation is 1. The van der Waals surface area contributed by atoms with Crippen LogP contribution in [0, 0.1) is 6.92 Å². The Morgan fingerprint density at radius 2 is 1.95 bits per heavy atom. The molecule has 1 aromatic carbocycles. The van der Waals surface area contributed by atoms with Gasteiger partial charge in [-0.05, 0) is 57.2 Å². The van der Waals surface area contributed by atoms with Gasteiger partial charge in [-0.2, -0.15) is 0 Å². The molecule has 5 heteroatoms. The lowest BCUT2D eigenvalue weighted by atomic mass is 10.0. The minimum atomic E-state index is -3.21. The van der Waals surface area contributed by atoms with Gasteiger partial charge in [-0.15, -0.1) is 0 Å². The second kappa shape index (κ2) is 7.38. The summed E-state index contributed by atoms with van der Waals surface area (Å²) in [7, 11) is -3.21. The van der Waals surface area contributed by atoms with Crippen LogP contribution in [0.5, 0.6) is 0 Å². The van der Waals surface area contributed by atoms with Crippen LogP contribution in [0.2, 0.25) is 0 Å². The maximum Gasteiger partial charge on any atom is 0.212 e. The predicted molar refractivity (Wildman–Crippen MR) is 86.8 cm³/mol. The van der Waals surface area contributed by atoms with Crippen LogP contribution in [0.25, 0.3) is 0 Å². The Balaban J connectivity index is 1.75. The highest BCUT2D eigenvalue weighted by molar-refractivity contribution is 7.89. The number of sulfonamides is 1. The fourth-order valence-electron chi connectivity index (χ4n) is 2.48. The Morgan fingerprint density at radius 1 is 1.24 bits per heavy atom. The molecule has 0 radical (unpaired) electrons. The molecule has 118 valence electrons. The molecule has 1 aromatic rings. The molecule has 1 fully saturated rings. The first-order valence-electron chi connectivity index (χ1n) is 7.77. The van der Waals surface area contributed by atoms with Crippen LogP contribution in [0.1, 0.15) is 49.8 Å². The van der Waals surface area contributed by atoms with Gasteiger partial charge in [-0.1, -0.05) is 24.3 Å². The Hall–Kier alpha value is -0.910. The molecule has 0 bridgehead atoms. The normalized spacial score (nSPS) is 16.9. The van der Waals surface area contributed by atoms with E-state index in [0.717, 1.165) is 24.1 Å². The number of hydrogen-bond donors (Lipinski definition) is 2. The van der Waals surface area contributed by atoms with Crippen molar-refractivity contribution in [1.82, 2.24) is 10.0 Å². The van der Waals surface area contributed by atoms with E-state index in [9.17, 15) is 8.42 Å². The first-order valence-corrected chi connectivity index (χ1v) is 9.42. The summed E-state index contributed by atoms with van der Waals surface area (Å²) in [4.78, 5) is 0. The number of unbranched alkanes of at least 4 members (excludes halogenated alkanes) is 1. The first kappa shape index (κ1) is 16.5. The fraction of sp³-hybridized carbons (Fsp3) is 0.625. The third kappa shape index (κ3) is 5.77. The van der Waals surface area contributed by atoms with Crippen molar-refractivity contribution in [1.29, 1.82) is 0 Å². The number of rotatable bonds is 9. The van der Waals surface area contributed by atoms with Crippen molar-refractivity contribution in [3.8, 4) is 0 Å². The molecule has 0 spiro atoms. The zero-order valence-electron chi connectivity index (χ0n) is 12.9. The van der Waals surface area contributed by atoms with Gasteiger partial charge in [0.05, 0.1) is 5.75 Å². The maximum absolute atomic E-state index is 12.1. The van der Waals surface area contributed by atoms with Gasteiger partial charge in [0.25, 0.3) is 0 Å². The smallest absolute Gasteiger partial charge is 0.212 e. The quantitative estimate of drug-likeness (QED) is 0.689. The van der Waals surface area contributed by atoms with E-state index < -0.39 is 10.0 Å². The van der Waals surface area contributed by atoms with Crippen LogP contribution in [-0.2, 0) is 10.0 Å². The SMILES string of the molecule is Cc1ccccc1C(C)NS(=O)(=O)CCCCNC1CC1. The Kier molecular flexibility index (Phi) is 5.79. The molecule has 1 atom stereocenters. The molecule has 0 aromatic heterocycles. The molecular formula is C16H26N2O2S. The van der Waals surface area contributed by atoms with E-state index >= 15 is 0 Å². The highest BCUT2D eigenvalue weighted by Gasteiger charge is 2.20. The van der Waals surface area contributed by atoms with Gasteiger partial charge in [0.1, 0.15) is 0 Å². The molecule has 2 N–H and O–H groups in total. The Labute approximate surface area is 128 Å². The fourth-order valence-corrected chi connectivity index (χ4v) is 3.84. The maximum atomic E-state index is 12.1. The molecule has 0 amide bonds. The van der Waals surface area contributed by atoms with Crippen molar-refractivity contribution < 1.29 is 8.42 Å². The summed E-state index contributed by atoms with van der Waals surface area (Å²) in [6, 6.07) is 8.40. The third-order valence-corrected chi connectivity index (χ3v) is 5.40. The van der Waals surface area contributed by atoms with Crippen LogP contribution in [0.4, 0.5) is 0 Å². The second-order valence-electron chi connectivity index (χ2n) is 5.95. The summed E-state index contributed by atoms with van der Waals surface area (Å²) < 4.78 is 27.0. The number of benzene rings is 1. The third-order valence-electron chi connectivity index (χ3n) is 3.86. The summed E-state index contributed by atoms with van der Waals surface area (Å²) in [6.45, 7) is 4.83. The molecule has 1 aliphatic rings. The van der Waals surface area contributed by atoms with Gasteiger partial charge < -0.3 is 5.32 Å². The van der Waals surface area contributed by atoms with E-state index in [1.54, 1.807) is 0 Å². The number of nitrogens with one attached hydrogen (secondary N) is 2. The summed E-state index contributed by atoms with van der Waals surface area (Å²) in [5, 5.41) is 3.40. The second-order valence-corrected chi connectivity index (χ2v) is 7.82. The first-order chi connectivity index (χ1) is 9.98. The molecule has 0 saturated heterocycles. The van der Waals surface area contributed by atoms with Crippen LogP contribution in [0.3, 0.4) is 0 Å². The summed E-state index contributed by atoms with van der Waals surface area (Å²) >= 11 is 0. The molecule has 1 aliphatic carbocycles. The van der Waals surface area contributed by atoms with E-state index in [1.807, 2.05) is 38.1 Å². The summed E-state index contributed by atoms with van der Waals surface area (Å²) in [5.41, 5.74) is 2.15. The van der Waals surface area contributed by atoms with Crippen LogP contribution >= 0.6 is 0 Å². The van der Waals surface area contributed by atoms with Crippen molar-refractivity contribution in [2.75, 3.05) is 12.3 Å². The highest BCUT2D eigenvalue weighted by Crippen LogP contribution is 2.19. The molecule has 0 heterocycles. The average molecular weight is 310 g/mol. The Morgan fingerprint density at radius 3 is 2.62 bits per heavy atom. The van der Waals surface area contributed by atoms with E-state index in [-0.39, 0.29) is 11.8 Å². The molecule has 21 heavy (non-hydrogen) atoms. The van der Waals surface area contributed by atoms with Crippen LogP contribution in [0.15, 0.2) is 24.3 Å². The molecular weight excluding hydrogens is 284 g/mol. The minimum Gasteiger partial charge on any atom is -0.314 e. The lowest BCUT2D eigenvalue weighted by Gasteiger charge is -2.16. The lowest BCUT2D eigenvalue weighted by molar-refractivity contribution is 0.559. The Bertz CT molecular complexity index is 553. The minimum absolute atomic E-state index is 0.180. The zero-order valence-corrected chi connectivity index (χ0v) is 13.7. The van der Waals surface area contributed by atoms with E-state index in [1.165, 1.54) is 12.8 Å². The molecule has 2 rings (SSSR count). The average Bonchev–Trinajstić information content (AvgIpc) is 3.22. The predicted octanol–water partition coefficient (Wildman–Crippen LogP) is 2.51. The van der Waals surface area contributed by atoms with E-state index in [2.05, 4.69) is 10.0 Å². The van der Waals surface area contributed by atoms with Gasteiger partial charge in [0, 0.05) is 12.1 Å². The van der Waals surface area contributed by atoms with E-state index in [0.29, 0.717) is 12.5 Å². The number of hydrogen-bond acceptors (Lipinski definition) is 3. The topological polar surface area (TPSA) is 58.2 Å². The highest BCUT2D eigenvalue weighted by atomic mass is 32.2. The van der Waals surface area contributed by atoms with Crippen LogP contribution in [-0.4, -0.2) is 26.8 Å².